The zero-order valence-corrected chi connectivity index (χ0v) is 12.2. The van der Waals surface area contributed by atoms with Crippen LogP contribution in [0, 0.1) is 0 Å². The highest BCUT2D eigenvalue weighted by molar-refractivity contribution is 6.06. The zero-order chi connectivity index (χ0) is 15.5. The summed E-state index contributed by atoms with van der Waals surface area (Å²) in [5.74, 6) is 0.553. The fraction of sp³-hybridized carbons (Fsp3) is 0.111. The Kier molecular flexibility index (Phi) is 3.74. The molecule has 1 aromatic heterocycles. The Hall–Kier alpha value is -2.88. The monoisotopic (exact) mass is 293 g/mol. The van der Waals surface area contributed by atoms with Crippen molar-refractivity contribution in [2.75, 3.05) is 6.61 Å². The molecule has 3 aromatic rings. The molecule has 0 saturated heterocycles. The first kappa shape index (κ1) is 14.1. The van der Waals surface area contributed by atoms with Crippen LogP contribution in [0.1, 0.15) is 27.6 Å². The van der Waals surface area contributed by atoms with Crippen molar-refractivity contribution >= 4 is 23.1 Å². The normalized spacial score (nSPS) is 10.6. The van der Waals surface area contributed by atoms with Gasteiger partial charge in [0.25, 0.3) is 5.91 Å². The zero-order valence-electron chi connectivity index (χ0n) is 12.2. The van der Waals surface area contributed by atoms with Gasteiger partial charge in [0.15, 0.2) is 6.29 Å². The number of fused-ring (bicyclic) bond motifs is 1. The Balaban J connectivity index is 2.03. The Bertz CT molecular complexity index is 831. The highest BCUT2D eigenvalue weighted by Crippen LogP contribution is 2.22. The van der Waals surface area contributed by atoms with Gasteiger partial charge < -0.3 is 4.74 Å². The van der Waals surface area contributed by atoms with E-state index in [1.165, 1.54) is 4.57 Å². The molecule has 0 unspecified atom stereocenters. The Labute approximate surface area is 127 Å². The molecule has 0 aliphatic heterocycles. The second-order valence-electron chi connectivity index (χ2n) is 4.85. The van der Waals surface area contributed by atoms with E-state index in [1.807, 2.05) is 31.2 Å². The molecule has 1 heterocycles. The van der Waals surface area contributed by atoms with Gasteiger partial charge in [0, 0.05) is 22.7 Å². The van der Waals surface area contributed by atoms with Gasteiger partial charge in [-0.2, -0.15) is 0 Å². The lowest BCUT2D eigenvalue weighted by Gasteiger charge is -2.06. The lowest BCUT2D eigenvalue weighted by atomic mass is 10.2. The quantitative estimate of drug-likeness (QED) is 0.691. The Morgan fingerprint density at radius 1 is 1.14 bits per heavy atom. The van der Waals surface area contributed by atoms with Crippen LogP contribution in [0.25, 0.3) is 10.9 Å². The standard InChI is InChI=1S/C18H15NO3/c1-2-22-15-9-7-13(8-10-15)18(21)19-11-14(12-20)16-5-3-4-6-17(16)19/h3-12H,2H2,1H3. The minimum absolute atomic E-state index is 0.174. The molecule has 3 rings (SSSR count). The second-order valence-corrected chi connectivity index (χ2v) is 4.85. The number of hydrogen-bond donors (Lipinski definition) is 0. The van der Waals surface area contributed by atoms with Crippen molar-refractivity contribution in [1.29, 1.82) is 0 Å². The van der Waals surface area contributed by atoms with Gasteiger partial charge in [0.1, 0.15) is 5.75 Å². The molecule has 22 heavy (non-hydrogen) atoms. The van der Waals surface area contributed by atoms with Crippen molar-refractivity contribution in [2.45, 2.75) is 6.92 Å². The molecule has 0 N–H and O–H groups in total. The molecule has 0 saturated carbocycles. The average Bonchev–Trinajstić information content (AvgIpc) is 2.94. The number of carbonyl (C=O) groups is 2. The number of aldehydes is 1. The number of ether oxygens (including phenoxy) is 1. The summed E-state index contributed by atoms with van der Waals surface area (Å²) < 4.78 is 6.88. The molecule has 0 bridgehead atoms. The third-order valence-electron chi connectivity index (χ3n) is 3.50. The number of benzene rings is 2. The second kappa shape index (κ2) is 5.85. The lowest BCUT2D eigenvalue weighted by Crippen LogP contribution is -2.10. The average molecular weight is 293 g/mol. The van der Waals surface area contributed by atoms with Crippen LogP contribution in [0.4, 0.5) is 0 Å². The van der Waals surface area contributed by atoms with Gasteiger partial charge in [0.2, 0.25) is 0 Å². The van der Waals surface area contributed by atoms with E-state index in [0.29, 0.717) is 17.7 Å². The van der Waals surface area contributed by atoms with Crippen LogP contribution in [0.2, 0.25) is 0 Å². The van der Waals surface area contributed by atoms with Gasteiger partial charge >= 0.3 is 0 Å². The largest absolute Gasteiger partial charge is 0.494 e. The summed E-state index contributed by atoms with van der Waals surface area (Å²) in [4.78, 5) is 23.8. The number of para-hydroxylation sites is 1. The molecular formula is C18H15NO3. The number of aromatic nitrogens is 1. The third kappa shape index (κ3) is 2.39. The fourth-order valence-corrected chi connectivity index (χ4v) is 2.47. The number of carbonyl (C=O) groups excluding carboxylic acids is 2. The summed E-state index contributed by atoms with van der Waals surface area (Å²) in [5, 5.41) is 0.775. The first-order chi connectivity index (χ1) is 10.7. The molecule has 0 aliphatic rings. The summed E-state index contributed by atoms with van der Waals surface area (Å²) in [6.07, 6.45) is 2.35. The van der Waals surface area contributed by atoms with Crippen LogP contribution in [0.15, 0.2) is 54.7 Å². The fourth-order valence-electron chi connectivity index (χ4n) is 2.47. The third-order valence-corrected chi connectivity index (χ3v) is 3.50. The molecule has 0 atom stereocenters. The van der Waals surface area contributed by atoms with E-state index in [1.54, 1.807) is 30.5 Å². The lowest BCUT2D eigenvalue weighted by molar-refractivity contribution is 0.0965. The minimum atomic E-state index is -0.174. The number of nitrogens with zero attached hydrogens (tertiary/aromatic N) is 1. The SMILES string of the molecule is CCOc1ccc(C(=O)n2cc(C=O)c3ccccc32)cc1. The van der Waals surface area contributed by atoms with E-state index < -0.39 is 0 Å². The van der Waals surface area contributed by atoms with Crippen molar-refractivity contribution in [3.8, 4) is 5.75 Å². The van der Waals surface area contributed by atoms with E-state index in [4.69, 9.17) is 4.74 Å². The molecule has 4 heteroatoms. The molecule has 4 nitrogen and oxygen atoms in total. The summed E-state index contributed by atoms with van der Waals surface area (Å²) >= 11 is 0. The van der Waals surface area contributed by atoms with Crippen molar-refractivity contribution in [3.63, 3.8) is 0 Å². The van der Waals surface area contributed by atoms with Gasteiger partial charge in [-0.15, -0.1) is 0 Å². The molecular weight excluding hydrogens is 278 g/mol. The smallest absolute Gasteiger partial charge is 0.262 e. The Morgan fingerprint density at radius 2 is 1.86 bits per heavy atom. The van der Waals surface area contributed by atoms with Crippen LogP contribution in [0.5, 0.6) is 5.75 Å². The van der Waals surface area contributed by atoms with Crippen LogP contribution in [-0.2, 0) is 0 Å². The van der Waals surface area contributed by atoms with Gasteiger partial charge in [-0.3, -0.25) is 14.2 Å². The molecule has 0 fully saturated rings. The maximum absolute atomic E-state index is 12.7. The van der Waals surface area contributed by atoms with Gasteiger partial charge in [0.05, 0.1) is 12.1 Å². The van der Waals surface area contributed by atoms with E-state index >= 15 is 0 Å². The maximum Gasteiger partial charge on any atom is 0.262 e. The Morgan fingerprint density at radius 3 is 2.55 bits per heavy atom. The van der Waals surface area contributed by atoms with E-state index in [9.17, 15) is 9.59 Å². The number of rotatable bonds is 4. The van der Waals surface area contributed by atoms with Crippen LogP contribution in [-0.4, -0.2) is 23.4 Å². The van der Waals surface area contributed by atoms with Gasteiger partial charge in [-0.25, -0.2) is 0 Å². The topological polar surface area (TPSA) is 48.3 Å². The molecule has 2 aromatic carbocycles. The van der Waals surface area contributed by atoms with Crippen molar-refractivity contribution < 1.29 is 14.3 Å². The highest BCUT2D eigenvalue weighted by atomic mass is 16.5. The molecule has 0 radical (unpaired) electrons. The highest BCUT2D eigenvalue weighted by Gasteiger charge is 2.14. The van der Waals surface area contributed by atoms with Gasteiger partial charge in [-0.05, 0) is 37.3 Å². The maximum atomic E-state index is 12.7. The van der Waals surface area contributed by atoms with Crippen molar-refractivity contribution in [3.05, 3.63) is 65.9 Å². The summed E-state index contributed by atoms with van der Waals surface area (Å²) in [6, 6.07) is 14.3. The van der Waals surface area contributed by atoms with E-state index in [2.05, 4.69) is 0 Å². The summed E-state index contributed by atoms with van der Waals surface area (Å²) in [5.41, 5.74) is 1.78. The predicted octanol–water partition coefficient (Wildman–Crippen LogP) is 3.54. The summed E-state index contributed by atoms with van der Waals surface area (Å²) in [7, 11) is 0. The van der Waals surface area contributed by atoms with Crippen molar-refractivity contribution in [1.82, 2.24) is 4.57 Å². The van der Waals surface area contributed by atoms with Gasteiger partial charge in [-0.1, -0.05) is 18.2 Å². The molecule has 0 amide bonds. The predicted molar refractivity (Wildman–Crippen MR) is 84.7 cm³/mol. The minimum Gasteiger partial charge on any atom is -0.494 e. The molecule has 0 spiro atoms. The summed E-state index contributed by atoms with van der Waals surface area (Å²) in [6.45, 7) is 2.49. The molecule has 0 aliphatic carbocycles. The first-order valence-electron chi connectivity index (χ1n) is 7.07. The van der Waals surface area contributed by atoms with E-state index in [0.717, 1.165) is 22.9 Å². The number of hydrogen-bond acceptors (Lipinski definition) is 3. The van der Waals surface area contributed by atoms with Crippen molar-refractivity contribution in [2.24, 2.45) is 0 Å². The van der Waals surface area contributed by atoms with Crippen LogP contribution >= 0.6 is 0 Å². The van der Waals surface area contributed by atoms with Crippen LogP contribution < -0.4 is 4.74 Å². The first-order valence-corrected chi connectivity index (χ1v) is 7.07. The molecule has 110 valence electrons. The van der Waals surface area contributed by atoms with E-state index in [-0.39, 0.29) is 5.91 Å². The van der Waals surface area contributed by atoms with Crippen LogP contribution in [0.3, 0.4) is 0 Å².